The van der Waals surface area contributed by atoms with Crippen molar-refractivity contribution in [2.45, 2.75) is 24.8 Å². The lowest BCUT2D eigenvalue weighted by Gasteiger charge is -2.42. The fourth-order valence-electron chi connectivity index (χ4n) is 5.97. The highest BCUT2D eigenvalue weighted by molar-refractivity contribution is 7.92. The Balaban J connectivity index is 1.45. The maximum Gasteiger partial charge on any atom is 0.405 e. The highest BCUT2D eigenvalue weighted by Crippen LogP contribution is 2.46. The van der Waals surface area contributed by atoms with E-state index in [-0.39, 0.29) is 0 Å². The molecule has 1 saturated carbocycles. The number of benzene rings is 3. The highest BCUT2D eigenvalue weighted by atomic mass is 32.2. The predicted molar refractivity (Wildman–Crippen MR) is 166 cm³/mol. The molecule has 0 unspecified atom stereocenters. The largest absolute Gasteiger partial charge is 0.465 e. The summed E-state index contributed by atoms with van der Waals surface area (Å²) < 4.78 is 28.2. The standard InChI is InChI=1S/C32H28N6O4S/c1-43(41,42)37-23-15-11-20(12-16-23)27-28(21-9-13-22(14-10-21)32(17-5-18-32)36-31(39)40)38-26-8-4-19-33-29(26)34-25-7-3-2-6-24(25)30(38)35-27/h2-4,6-16,19,36-37H,5,17-18H2,1H3,(H,33,34)(H,39,40). The average molecular weight is 593 g/mol. The van der Waals surface area contributed by atoms with E-state index in [1.165, 1.54) is 0 Å². The van der Waals surface area contributed by atoms with Crippen LogP contribution in [-0.2, 0) is 15.6 Å². The molecule has 5 aromatic rings. The van der Waals surface area contributed by atoms with Crippen LogP contribution < -0.4 is 15.4 Å². The van der Waals surface area contributed by atoms with E-state index in [9.17, 15) is 18.3 Å². The maximum atomic E-state index is 11.8. The zero-order valence-electron chi connectivity index (χ0n) is 23.2. The molecule has 1 amide bonds. The molecule has 1 aliphatic heterocycles. The molecule has 0 spiro atoms. The van der Waals surface area contributed by atoms with Gasteiger partial charge in [-0.05, 0) is 61.2 Å². The summed E-state index contributed by atoms with van der Waals surface area (Å²) in [6.07, 6.45) is 4.29. The summed E-state index contributed by atoms with van der Waals surface area (Å²) in [5.41, 5.74) is 6.62. The number of fused-ring (bicyclic) bond motifs is 5. The van der Waals surface area contributed by atoms with Gasteiger partial charge in [0.2, 0.25) is 10.0 Å². The van der Waals surface area contributed by atoms with Crippen molar-refractivity contribution >= 4 is 33.3 Å². The number of nitrogens with one attached hydrogen (secondary N) is 3. The molecule has 7 rings (SSSR count). The van der Waals surface area contributed by atoms with Crippen molar-refractivity contribution in [3.05, 3.63) is 96.7 Å². The molecule has 216 valence electrons. The molecule has 3 aromatic carbocycles. The Kier molecular flexibility index (Phi) is 6.21. The second-order valence-corrected chi connectivity index (χ2v) is 12.7. The minimum absolute atomic E-state index is 0.457. The van der Waals surface area contributed by atoms with Crippen molar-refractivity contribution in [3.8, 4) is 39.6 Å². The number of amides is 1. The van der Waals surface area contributed by atoms with E-state index in [0.717, 1.165) is 70.7 Å². The Morgan fingerprint density at radius 3 is 2.35 bits per heavy atom. The van der Waals surface area contributed by atoms with Crippen LogP contribution in [0.25, 0.3) is 39.6 Å². The summed E-state index contributed by atoms with van der Waals surface area (Å²) in [5, 5.41) is 15.7. The van der Waals surface area contributed by atoms with E-state index in [1.54, 1.807) is 18.3 Å². The maximum absolute atomic E-state index is 11.8. The van der Waals surface area contributed by atoms with E-state index in [0.29, 0.717) is 17.2 Å². The Bertz CT molecular complexity index is 1980. The molecular formula is C32H28N6O4S. The van der Waals surface area contributed by atoms with E-state index in [4.69, 9.17) is 4.98 Å². The van der Waals surface area contributed by atoms with Gasteiger partial charge in [0.1, 0.15) is 5.82 Å². The molecular weight excluding hydrogens is 564 g/mol. The molecule has 4 N–H and O–H groups in total. The van der Waals surface area contributed by atoms with Gasteiger partial charge < -0.3 is 15.7 Å². The van der Waals surface area contributed by atoms with Gasteiger partial charge in [0, 0.05) is 28.6 Å². The Morgan fingerprint density at radius 2 is 1.67 bits per heavy atom. The Morgan fingerprint density at radius 1 is 0.953 bits per heavy atom. The molecule has 0 saturated heterocycles. The summed E-state index contributed by atoms with van der Waals surface area (Å²) in [5.74, 6) is 1.41. The number of para-hydroxylation sites is 1. The van der Waals surface area contributed by atoms with Crippen molar-refractivity contribution in [1.29, 1.82) is 0 Å². The quantitative estimate of drug-likeness (QED) is 0.177. The zero-order chi connectivity index (χ0) is 29.8. The van der Waals surface area contributed by atoms with Gasteiger partial charge in [-0.3, -0.25) is 9.29 Å². The number of carbonyl (C=O) groups is 1. The smallest absolute Gasteiger partial charge is 0.405 e. The first-order chi connectivity index (χ1) is 20.7. The van der Waals surface area contributed by atoms with E-state index in [2.05, 4.69) is 24.9 Å². The van der Waals surface area contributed by atoms with Crippen molar-refractivity contribution in [1.82, 2.24) is 19.9 Å². The molecule has 11 heteroatoms. The fourth-order valence-corrected chi connectivity index (χ4v) is 6.53. The van der Waals surface area contributed by atoms with Crippen LogP contribution in [0.2, 0.25) is 0 Å². The molecule has 0 bridgehead atoms. The van der Waals surface area contributed by atoms with Crippen LogP contribution in [0, 0.1) is 0 Å². The van der Waals surface area contributed by atoms with Gasteiger partial charge in [-0.1, -0.05) is 48.5 Å². The number of nitrogens with zero attached hydrogens (tertiary/aromatic N) is 3. The number of pyridine rings is 1. The molecule has 2 aliphatic rings. The number of sulfonamides is 1. The van der Waals surface area contributed by atoms with Crippen molar-refractivity contribution in [3.63, 3.8) is 0 Å². The number of rotatable bonds is 6. The third-order valence-corrected chi connectivity index (χ3v) is 8.66. The average Bonchev–Trinajstić information content (AvgIpc) is 3.29. The number of anilines is 3. The van der Waals surface area contributed by atoms with E-state index < -0.39 is 21.7 Å². The zero-order valence-corrected chi connectivity index (χ0v) is 24.0. The lowest BCUT2D eigenvalue weighted by Crippen LogP contribution is -2.50. The van der Waals surface area contributed by atoms with E-state index >= 15 is 0 Å². The normalized spacial score (nSPS) is 14.6. The molecule has 43 heavy (non-hydrogen) atoms. The van der Waals surface area contributed by atoms with Crippen LogP contribution in [0.1, 0.15) is 24.8 Å². The van der Waals surface area contributed by atoms with Gasteiger partial charge in [0.05, 0.1) is 34.6 Å². The monoisotopic (exact) mass is 592 g/mol. The number of imidazole rings is 1. The lowest BCUT2D eigenvalue weighted by atomic mass is 9.71. The summed E-state index contributed by atoms with van der Waals surface area (Å²) in [7, 11) is -3.43. The van der Waals surface area contributed by atoms with Crippen LogP contribution in [0.3, 0.4) is 0 Å². The van der Waals surface area contributed by atoms with Crippen LogP contribution in [0.4, 0.5) is 22.0 Å². The van der Waals surface area contributed by atoms with Crippen LogP contribution >= 0.6 is 0 Å². The molecule has 2 aromatic heterocycles. The first kappa shape index (κ1) is 26.7. The first-order valence-electron chi connectivity index (χ1n) is 13.9. The topological polar surface area (TPSA) is 138 Å². The minimum Gasteiger partial charge on any atom is -0.465 e. The molecule has 0 radical (unpaired) electrons. The molecule has 1 aliphatic carbocycles. The summed E-state index contributed by atoms with van der Waals surface area (Å²) in [6.45, 7) is 0. The third kappa shape index (κ3) is 4.77. The Hall–Kier alpha value is -5.16. The fraction of sp³-hybridized carbons (Fsp3) is 0.156. The highest BCUT2D eigenvalue weighted by Gasteiger charge is 2.40. The van der Waals surface area contributed by atoms with E-state index in [1.807, 2.05) is 72.8 Å². The summed E-state index contributed by atoms with van der Waals surface area (Å²) in [6, 6.07) is 26.9. The molecule has 1 fully saturated rings. The summed E-state index contributed by atoms with van der Waals surface area (Å²) >= 11 is 0. The van der Waals surface area contributed by atoms with Gasteiger partial charge in [0.25, 0.3) is 0 Å². The SMILES string of the molecule is CS(=O)(=O)Nc1ccc(-c2nc3n(c2-c2ccc(C4(NC(=O)O)CCC4)cc2)-c2cccnc2Nc2ccccc2-3)cc1. The van der Waals surface area contributed by atoms with Crippen LogP contribution in [0.5, 0.6) is 0 Å². The van der Waals surface area contributed by atoms with Crippen molar-refractivity contribution in [2.75, 3.05) is 16.3 Å². The van der Waals surface area contributed by atoms with Gasteiger partial charge in [0.15, 0.2) is 5.82 Å². The molecule has 0 atom stereocenters. The van der Waals surface area contributed by atoms with Crippen molar-refractivity contribution < 1.29 is 18.3 Å². The van der Waals surface area contributed by atoms with Crippen LogP contribution in [0.15, 0.2) is 91.1 Å². The predicted octanol–water partition coefficient (Wildman–Crippen LogP) is 6.34. The van der Waals surface area contributed by atoms with Gasteiger partial charge in [-0.2, -0.15) is 0 Å². The number of hydrogen-bond donors (Lipinski definition) is 4. The molecule has 3 heterocycles. The third-order valence-electron chi connectivity index (χ3n) is 8.05. The summed E-state index contributed by atoms with van der Waals surface area (Å²) in [4.78, 5) is 21.4. The van der Waals surface area contributed by atoms with Gasteiger partial charge in [-0.25, -0.2) is 23.2 Å². The molecule has 10 nitrogen and oxygen atoms in total. The lowest BCUT2D eigenvalue weighted by molar-refractivity contribution is 0.144. The Labute approximate surface area is 248 Å². The number of carboxylic acid groups (broad SMARTS) is 1. The first-order valence-corrected chi connectivity index (χ1v) is 15.7. The van der Waals surface area contributed by atoms with Crippen molar-refractivity contribution in [2.24, 2.45) is 0 Å². The number of aromatic nitrogens is 3. The van der Waals surface area contributed by atoms with Gasteiger partial charge in [-0.15, -0.1) is 0 Å². The minimum atomic E-state index is -3.43. The van der Waals surface area contributed by atoms with Crippen LogP contribution in [-0.4, -0.2) is 40.4 Å². The number of hydrogen-bond acceptors (Lipinski definition) is 6. The second-order valence-electron chi connectivity index (χ2n) is 10.9. The van der Waals surface area contributed by atoms with Gasteiger partial charge >= 0.3 is 6.09 Å². The second kappa shape index (κ2) is 9.99.